The van der Waals surface area contributed by atoms with E-state index in [1.165, 1.54) is 0 Å². The van der Waals surface area contributed by atoms with Crippen LogP contribution in [0, 0.1) is 13.8 Å². The van der Waals surface area contributed by atoms with E-state index in [0.29, 0.717) is 13.1 Å². The zero-order chi connectivity index (χ0) is 22.3. The third-order valence-electron chi connectivity index (χ3n) is 4.97. The molecule has 2 rings (SSSR count). The molecule has 0 saturated carbocycles. The van der Waals surface area contributed by atoms with Crippen LogP contribution in [-0.4, -0.2) is 72.5 Å². The molecule has 0 spiro atoms. The summed E-state index contributed by atoms with van der Waals surface area (Å²) < 4.78 is 0. The number of carbonyl (C=O) groups is 3. The molecule has 1 heterocycles. The van der Waals surface area contributed by atoms with E-state index < -0.39 is 6.03 Å². The van der Waals surface area contributed by atoms with E-state index in [2.05, 4.69) is 25.8 Å². The summed E-state index contributed by atoms with van der Waals surface area (Å²) in [6.07, 6.45) is 0.268. The Hall–Kier alpha value is -2.45. The van der Waals surface area contributed by atoms with Crippen LogP contribution in [0.4, 0.5) is 10.5 Å². The predicted molar refractivity (Wildman–Crippen MR) is 118 cm³/mol. The van der Waals surface area contributed by atoms with Crippen LogP contribution in [-0.2, 0) is 9.59 Å². The summed E-state index contributed by atoms with van der Waals surface area (Å²) in [5.74, 6) is -0.294. The van der Waals surface area contributed by atoms with Crippen LogP contribution in [0.3, 0.4) is 0 Å². The number of anilines is 1. The van der Waals surface area contributed by atoms with Crippen molar-refractivity contribution in [1.29, 1.82) is 0 Å². The van der Waals surface area contributed by atoms with Crippen LogP contribution in [0.25, 0.3) is 0 Å². The van der Waals surface area contributed by atoms with Gasteiger partial charge in [0.15, 0.2) is 0 Å². The standard InChI is InChI=1S/C22H35N5O3/c1-16-7-6-8-17(2)20(16)23-19(29)15-27-13-11-26(12-14-27)10-9-18(28)24-21(30)25-22(3,4)5/h6-8H,9-15H2,1-5H3,(H,23,29)(H2,24,25,28,30). The lowest BCUT2D eigenvalue weighted by atomic mass is 10.1. The quantitative estimate of drug-likeness (QED) is 0.657. The molecule has 1 aliphatic heterocycles. The lowest BCUT2D eigenvalue weighted by Crippen LogP contribution is -2.50. The molecule has 30 heavy (non-hydrogen) atoms. The summed E-state index contributed by atoms with van der Waals surface area (Å²) in [5.41, 5.74) is 2.62. The van der Waals surface area contributed by atoms with Crippen LogP contribution in [0.5, 0.6) is 0 Å². The van der Waals surface area contributed by atoms with Crippen molar-refractivity contribution in [3.63, 3.8) is 0 Å². The normalized spacial score (nSPS) is 15.5. The van der Waals surface area contributed by atoms with Crippen molar-refractivity contribution >= 4 is 23.5 Å². The lowest BCUT2D eigenvalue weighted by Gasteiger charge is -2.34. The number of amides is 4. The third kappa shape index (κ3) is 8.12. The second kappa shape index (κ2) is 10.5. The largest absolute Gasteiger partial charge is 0.333 e. The molecule has 1 aromatic rings. The number of nitrogens with one attached hydrogen (secondary N) is 3. The molecule has 8 nitrogen and oxygen atoms in total. The molecule has 0 aromatic heterocycles. The molecule has 1 aliphatic rings. The minimum Gasteiger partial charge on any atom is -0.333 e. The van der Waals surface area contributed by atoms with Crippen molar-refractivity contribution in [2.75, 3.05) is 44.6 Å². The fourth-order valence-electron chi connectivity index (χ4n) is 3.39. The summed E-state index contributed by atoms with van der Waals surface area (Å²) in [6, 6.07) is 5.50. The molecule has 0 atom stereocenters. The maximum absolute atomic E-state index is 12.4. The lowest BCUT2D eigenvalue weighted by molar-refractivity contribution is -0.120. The first kappa shape index (κ1) is 23.8. The minimum atomic E-state index is -0.466. The zero-order valence-corrected chi connectivity index (χ0v) is 18.8. The SMILES string of the molecule is Cc1cccc(C)c1NC(=O)CN1CCN(CCC(=O)NC(=O)NC(C)(C)C)CC1. The predicted octanol–water partition coefficient (Wildman–Crippen LogP) is 1.87. The first-order valence-electron chi connectivity index (χ1n) is 10.5. The summed E-state index contributed by atoms with van der Waals surface area (Å²) >= 11 is 0. The maximum Gasteiger partial charge on any atom is 0.321 e. The first-order valence-corrected chi connectivity index (χ1v) is 10.5. The summed E-state index contributed by atoms with van der Waals surface area (Å²) in [7, 11) is 0. The van der Waals surface area contributed by atoms with E-state index in [1.54, 1.807) is 0 Å². The Morgan fingerprint density at radius 2 is 1.50 bits per heavy atom. The molecule has 0 radical (unpaired) electrons. The monoisotopic (exact) mass is 417 g/mol. The van der Waals surface area contributed by atoms with Gasteiger partial charge in [-0.15, -0.1) is 0 Å². The van der Waals surface area contributed by atoms with Crippen LogP contribution in [0.15, 0.2) is 18.2 Å². The highest BCUT2D eigenvalue weighted by Gasteiger charge is 2.21. The average molecular weight is 418 g/mol. The number of carbonyl (C=O) groups excluding carboxylic acids is 3. The van der Waals surface area contributed by atoms with Gasteiger partial charge in [-0.25, -0.2) is 4.79 Å². The number of piperazine rings is 1. The summed E-state index contributed by atoms with van der Waals surface area (Å²) in [5, 5.41) is 8.10. The van der Waals surface area contributed by atoms with Crippen molar-refractivity contribution < 1.29 is 14.4 Å². The highest BCUT2D eigenvalue weighted by atomic mass is 16.2. The molecule has 4 amide bonds. The van der Waals surface area contributed by atoms with Crippen molar-refractivity contribution in [2.45, 2.75) is 46.6 Å². The Bertz CT molecular complexity index is 744. The highest BCUT2D eigenvalue weighted by molar-refractivity contribution is 5.94. The Kier molecular flexibility index (Phi) is 8.37. The molecule has 166 valence electrons. The van der Waals surface area contributed by atoms with Gasteiger partial charge in [-0.2, -0.15) is 0 Å². The van der Waals surface area contributed by atoms with Crippen molar-refractivity contribution in [2.24, 2.45) is 0 Å². The topological polar surface area (TPSA) is 93.8 Å². The smallest absolute Gasteiger partial charge is 0.321 e. The minimum absolute atomic E-state index is 0.00918. The zero-order valence-electron chi connectivity index (χ0n) is 18.8. The number of aryl methyl sites for hydroxylation is 2. The van der Waals surface area contributed by atoms with Gasteiger partial charge < -0.3 is 15.5 Å². The van der Waals surface area contributed by atoms with E-state index in [9.17, 15) is 14.4 Å². The molecule has 1 saturated heterocycles. The first-order chi connectivity index (χ1) is 14.0. The average Bonchev–Trinajstić information content (AvgIpc) is 2.62. The number of imide groups is 1. The van der Waals surface area contributed by atoms with Crippen molar-refractivity contribution in [1.82, 2.24) is 20.4 Å². The third-order valence-corrected chi connectivity index (χ3v) is 4.97. The Morgan fingerprint density at radius 3 is 2.07 bits per heavy atom. The molecule has 3 N–H and O–H groups in total. The van der Waals surface area contributed by atoms with Crippen LogP contribution < -0.4 is 16.0 Å². The maximum atomic E-state index is 12.4. The van der Waals surface area contributed by atoms with Gasteiger partial charge in [0.25, 0.3) is 0 Å². The number of hydrogen-bond acceptors (Lipinski definition) is 5. The van der Waals surface area contributed by atoms with Crippen LogP contribution in [0.2, 0.25) is 0 Å². The fourth-order valence-corrected chi connectivity index (χ4v) is 3.39. The second-order valence-electron chi connectivity index (χ2n) is 8.94. The number of benzene rings is 1. The molecule has 0 unspecified atom stereocenters. The molecule has 1 aromatic carbocycles. The van der Waals surface area contributed by atoms with Gasteiger partial charge in [-0.05, 0) is 45.7 Å². The number of urea groups is 1. The van der Waals surface area contributed by atoms with Gasteiger partial charge in [0, 0.05) is 50.4 Å². The molecule has 0 aliphatic carbocycles. The summed E-state index contributed by atoms with van der Waals surface area (Å²) in [4.78, 5) is 40.4. The van der Waals surface area contributed by atoms with Crippen molar-refractivity contribution in [3.05, 3.63) is 29.3 Å². The molecule has 8 heteroatoms. The Morgan fingerprint density at radius 1 is 0.933 bits per heavy atom. The van der Waals surface area contributed by atoms with Gasteiger partial charge in [-0.1, -0.05) is 18.2 Å². The van der Waals surface area contributed by atoms with Crippen LogP contribution in [0.1, 0.15) is 38.3 Å². The highest BCUT2D eigenvalue weighted by Crippen LogP contribution is 2.19. The Labute approximate surface area is 179 Å². The van der Waals surface area contributed by atoms with E-state index in [4.69, 9.17) is 0 Å². The van der Waals surface area contributed by atoms with E-state index in [0.717, 1.165) is 43.0 Å². The number of para-hydroxylation sites is 1. The van der Waals surface area contributed by atoms with E-state index in [-0.39, 0.29) is 23.8 Å². The van der Waals surface area contributed by atoms with Gasteiger partial charge in [0.1, 0.15) is 0 Å². The number of nitrogens with zero attached hydrogens (tertiary/aromatic N) is 2. The molecular weight excluding hydrogens is 382 g/mol. The Balaban J connectivity index is 1.68. The molecule has 1 fully saturated rings. The number of rotatable bonds is 6. The van der Waals surface area contributed by atoms with Crippen LogP contribution >= 0.6 is 0 Å². The van der Waals surface area contributed by atoms with E-state index >= 15 is 0 Å². The summed E-state index contributed by atoms with van der Waals surface area (Å²) in [6.45, 7) is 13.6. The van der Waals surface area contributed by atoms with Crippen molar-refractivity contribution in [3.8, 4) is 0 Å². The second-order valence-corrected chi connectivity index (χ2v) is 8.94. The molecular formula is C22H35N5O3. The van der Waals surface area contributed by atoms with Gasteiger partial charge in [-0.3, -0.25) is 19.8 Å². The molecule has 0 bridgehead atoms. The fraction of sp³-hybridized carbons (Fsp3) is 0.591. The van der Waals surface area contributed by atoms with Gasteiger partial charge in [0.05, 0.1) is 6.54 Å². The number of hydrogen-bond donors (Lipinski definition) is 3. The van der Waals surface area contributed by atoms with Gasteiger partial charge >= 0.3 is 6.03 Å². The van der Waals surface area contributed by atoms with E-state index in [1.807, 2.05) is 52.8 Å². The van der Waals surface area contributed by atoms with Gasteiger partial charge in [0.2, 0.25) is 11.8 Å².